The van der Waals surface area contributed by atoms with E-state index in [2.05, 4.69) is 10.1 Å². The molecule has 0 aliphatic carbocycles. The van der Waals surface area contributed by atoms with Gasteiger partial charge in [-0.3, -0.25) is 4.99 Å². The standard InChI is InChI=1S/C16H21N3O3S/c1-6-17-16-19(11(2)10-23-16)18-9-12-7-8-13(20-3)15(22-5)14(12)21-4/h7-10H,6H2,1-5H3. The number of benzene rings is 1. The minimum atomic E-state index is 0.546. The molecule has 6 nitrogen and oxygen atoms in total. The first-order valence-electron chi connectivity index (χ1n) is 7.17. The van der Waals surface area contributed by atoms with Crippen LogP contribution in [0.4, 0.5) is 0 Å². The van der Waals surface area contributed by atoms with Crippen molar-refractivity contribution in [1.29, 1.82) is 0 Å². The molecule has 0 amide bonds. The van der Waals surface area contributed by atoms with Crippen molar-refractivity contribution >= 4 is 17.6 Å². The van der Waals surface area contributed by atoms with Crippen molar-refractivity contribution in [3.8, 4) is 17.2 Å². The highest BCUT2D eigenvalue weighted by Crippen LogP contribution is 2.38. The van der Waals surface area contributed by atoms with Gasteiger partial charge in [-0.15, -0.1) is 11.3 Å². The largest absolute Gasteiger partial charge is 0.493 e. The number of rotatable bonds is 6. The Labute approximate surface area is 139 Å². The van der Waals surface area contributed by atoms with E-state index in [-0.39, 0.29) is 0 Å². The lowest BCUT2D eigenvalue weighted by Gasteiger charge is -2.13. The Balaban J connectivity index is 2.48. The van der Waals surface area contributed by atoms with Crippen molar-refractivity contribution in [3.63, 3.8) is 0 Å². The lowest BCUT2D eigenvalue weighted by Crippen LogP contribution is -2.12. The topological polar surface area (TPSA) is 57.3 Å². The Hall–Kier alpha value is -2.28. The van der Waals surface area contributed by atoms with Gasteiger partial charge in [0, 0.05) is 17.5 Å². The third-order valence-electron chi connectivity index (χ3n) is 3.19. The molecule has 7 heteroatoms. The van der Waals surface area contributed by atoms with E-state index in [4.69, 9.17) is 14.2 Å². The molecule has 0 bridgehead atoms. The molecule has 0 aliphatic rings. The average Bonchev–Trinajstić information content (AvgIpc) is 2.92. The maximum atomic E-state index is 5.46. The zero-order chi connectivity index (χ0) is 16.8. The lowest BCUT2D eigenvalue weighted by molar-refractivity contribution is 0.324. The SMILES string of the molecule is CCN=c1scc(C)n1N=Cc1ccc(OC)c(OC)c1OC. The van der Waals surface area contributed by atoms with Gasteiger partial charge in [0.15, 0.2) is 11.5 Å². The van der Waals surface area contributed by atoms with Crippen LogP contribution in [-0.2, 0) is 0 Å². The fourth-order valence-corrected chi connectivity index (χ4v) is 2.99. The van der Waals surface area contributed by atoms with Crippen molar-refractivity contribution < 1.29 is 14.2 Å². The van der Waals surface area contributed by atoms with E-state index in [1.165, 1.54) is 0 Å². The van der Waals surface area contributed by atoms with Crippen molar-refractivity contribution in [1.82, 2.24) is 4.68 Å². The molecular weight excluding hydrogens is 314 g/mol. The highest BCUT2D eigenvalue weighted by molar-refractivity contribution is 7.07. The summed E-state index contributed by atoms with van der Waals surface area (Å²) >= 11 is 1.57. The Kier molecular flexibility index (Phi) is 5.81. The molecule has 124 valence electrons. The number of hydrogen-bond acceptors (Lipinski definition) is 6. The minimum absolute atomic E-state index is 0.546. The van der Waals surface area contributed by atoms with Gasteiger partial charge in [-0.05, 0) is 26.0 Å². The highest BCUT2D eigenvalue weighted by atomic mass is 32.1. The van der Waals surface area contributed by atoms with Crippen molar-refractivity contribution in [2.45, 2.75) is 13.8 Å². The number of methoxy groups -OCH3 is 3. The summed E-state index contributed by atoms with van der Waals surface area (Å²) in [4.78, 5) is 5.30. The van der Waals surface area contributed by atoms with Crippen LogP contribution in [0.25, 0.3) is 0 Å². The maximum absolute atomic E-state index is 5.46. The molecule has 1 heterocycles. The molecule has 0 saturated heterocycles. The quantitative estimate of drug-likeness (QED) is 0.763. The van der Waals surface area contributed by atoms with Crippen LogP contribution in [-0.4, -0.2) is 38.8 Å². The van der Waals surface area contributed by atoms with Gasteiger partial charge in [-0.2, -0.15) is 5.10 Å². The van der Waals surface area contributed by atoms with E-state index >= 15 is 0 Å². The van der Waals surface area contributed by atoms with Gasteiger partial charge in [0.25, 0.3) is 0 Å². The van der Waals surface area contributed by atoms with Crippen LogP contribution in [0, 0.1) is 6.92 Å². The zero-order valence-corrected chi connectivity index (χ0v) is 14.8. The third kappa shape index (κ3) is 3.56. The first-order valence-corrected chi connectivity index (χ1v) is 8.05. The smallest absolute Gasteiger partial charge is 0.205 e. The number of nitrogens with zero attached hydrogens (tertiary/aromatic N) is 3. The molecule has 0 radical (unpaired) electrons. The van der Waals surface area contributed by atoms with Gasteiger partial charge in [0.1, 0.15) is 0 Å². The van der Waals surface area contributed by atoms with Gasteiger partial charge in [0.2, 0.25) is 10.6 Å². The van der Waals surface area contributed by atoms with Gasteiger partial charge in [-0.25, -0.2) is 4.68 Å². The molecule has 23 heavy (non-hydrogen) atoms. The van der Waals surface area contributed by atoms with E-state index in [0.29, 0.717) is 17.2 Å². The summed E-state index contributed by atoms with van der Waals surface area (Å²) in [6.07, 6.45) is 1.73. The predicted octanol–water partition coefficient (Wildman–Crippen LogP) is 2.69. The molecule has 0 aliphatic heterocycles. The van der Waals surface area contributed by atoms with E-state index in [1.807, 2.05) is 36.0 Å². The Morgan fingerprint density at radius 1 is 1.13 bits per heavy atom. The van der Waals surface area contributed by atoms with Crippen molar-refractivity contribution in [3.05, 3.63) is 33.6 Å². The zero-order valence-electron chi connectivity index (χ0n) is 14.0. The Morgan fingerprint density at radius 3 is 2.48 bits per heavy atom. The first-order chi connectivity index (χ1) is 11.2. The van der Waals surface area contributed by atoms with Crippen LogP contribution in [0.3, 0.4) is 0 Å². The van der Waals surface area contributed by atoms with E-state index in [9.17, 15) is 0 Å². The van der Waals surface area contributed by atoms with Gasteiger partial charge in [-0.1, -0.05) is 0 Å². The van der Waals surface area contributed by atoms with E-state index in [1.54, 1.807) is 38.9 Å². The number of ether oxygens (including phenoxy) is 3. The molecule has 1 aromatic carbocycles. The minimum Gasteiger partial charge on any atom is -0.493 e. The van der Waals surface area contributed by atoms with Crippen LogP contribution >= 0.6 is 11.3 Å². The van der Waals surface area contributed by atoms with Crippen molar-refractivity contribution in [2.75, 3.05) is 27.9 Å². The van der Waals surface area contributed by atoms with Crippen LogP contribution in [0.5, 0.6) is 17.2 Å². The summed E-state index contributed by atoms with van der Waals surface area (Å²) < 4.78 is 17.9. The van der Waals surface area contributed by atoms with Crippen molar-refractivity contribution in [2.24, 2.45) is 10.1 Å². The molecule has 2 aromatic rings. The second kappa shape index (κ2) is 7.82. The molecule has 1 aromatic heterocycles. The predicted molar refractivity (Wildman–Crippen MR) is 92.2 cm³/mol. The summed E-state index contributed by atoms with van der Waals surface area (Å²) in [6.45, 7) is 4.71. The monoisotopic (exact) mass is 335 g/mol. The highest BCUT2D eigenvalue weighted by Gasteiger charge is 2.14. The third-order valence-corrected chi connectivity index (χ3v) is 4.16. The second-order valence-corrected chi connectivity index (χ2v) is 5.45. The molecule has 0 unspecified atom stereocenters. The van der Waals surface area contributed by atoms with Crippen LogP contribution < -0.4 is 19.0 Å². The second-order valence-electron chi connectivity index (χ2n) is 4.61. The number of aryl methyl sites for hydroxylation is 1. The molecular formula is C16H21N3O3S. The lowest BCUT2D eigenvalue weighted by atomic mass is 10.2. The summed E-state index contributed by atoms with van der Waals surface area (Å²) in [5.41, 5.74) is 1.82. The van der Waals surface area contributed by atoms with Gasteiger partial charge >= 0.3 is 0 Å². The first kappa shape index (κ1) is 17.1. The fourth-order valence-electron chi connectivity index (χ4n) is 2.11. The molecule has 0 saturated carbocycles. The molecule has 2 rings (SSSR count). The van der Waals surface area contributed by atoms with Crippen LogP contribution in [0.1, 0.15) is 18.2 Å². The fraction of sp³-hybridized carbons (Fsp3) is 0.375. The Morgan fingerprint density at radius 2 is 1.87 bits per heavy atom. The average molecular weight is 335 g/mol. The normalized spacial score (nSPS) is 12.0. The summed E-state index contributed by atoms with van der Waals surface area (Å²) in [5.74, 6) is 1.74. The van der Waals surface area contributed by atoms with Gasteiger partial charge < -0.3 is 14.2 Å². The van der Waals surface area contributed by atoms with E-state index in [0.717, 1.165) is 22.6 Å². The summed E-state index contributed by atoms with van der Waals surface area (Å²) in [5, 5.41) is 6.55. The number of thiazole rings is 1. The van der Waals surface area contributed by atoms with Gasteiger partial charge in [0.05, 0.1) is 33.2 Å². The van der Waals surface area contributed by atoms with Crippen LogP contribution in [0.15, 0.2) is 27.6 Å². The molecule has 0 fully saturated rings. The molecule has 0 atom stereocenters. The summed E-state index contributed by atoms with van der Waals surface area (Å²) in [6, 6.07) is 3.70. The van der Waals surface area contributed by atoms with E-state index < -0.39 is 0 Å². The molecule has 0 N–H and O–H groups in total. The Bertz CT molecular complexity index is 762. The number of hydrogen-bond donors (Lipinski definition) is 0. The van der Waals surface area contributed by atoms with Crippen LogP contribution in [0.2, 0.25) is 0 Å². The summed E-state index contributed by atoms with van der Waals surface area (Å²) in [7, 11) is 4.76. The maximum Gasteiger partial charge on any atom is 0.205 e. The molecule has 0 spiro atoms. The number of aromatic nitrogens is 1.